The molecule has 6 rings (SSSR count). The fourth-order valence-electron chi connectivity index (χ4n) is 6.54. The molecule has 2 atom stereocenters. The van der Waals surface area contributed by atoms with Gasteiger partial charge >= 0.3 is 11.7 Å². The molecule has 2 aliphatic heterocycles. The number of carbonyl (C=O) groups is 3. The fourth-order valence-corrected chi connectivity index (χ4v) is 7.80. The second-order valence-electron chi connectivity index (χ2n) is 15.4. The maximum atomic E-state index is 12.5. The summed E-state index contributed by atoms with van der Waals surface area (Å²) in [6, 6.07) is 16.5. The number of halogens is 5. The molecule has 1 aromatic heterocycles. The zero-order chi connectivity index (χ0) is 52.7. The van der Waals surface area contributed by atoms with E-state index in [0.717, 1.165) is 60.4 Å². The van der Waals surface area contributed by atoms with Crippen LogP contribution >= 0.6 is 65.6 Å². The molecule has 0 saturated heterocycles. The molecular formula is C46H60Cl5N6O11PS. The van der Waals surface area contributed by atoms with E-state index in [2.05, 4.69) is 43.6 Å². The Balaban J connectivity index is 0.000000321. The van der Waals surface area contributed by atoms with Crippen LogP contribution in [-0.2, 0) is 60.4 Å². The Morgan fingerprint density at radius 2 is 1.69 bits per heavy atom. The summed E-state index contributed by atoms with van der Waals surface area (Å²) in [4.78, 5) is 66.2. The van der Waals surface area contributed by atoms with Crippen molar-refractivity contribution in [3.63, 3.8) is 0 Å². The number of nitrogens with zero attached hydrogens (tertiary/aromatic N) is 5. The summed E-state index contributed by atoms with van der Waals surface area (Å²) >= 11 is 29.2. The number of nitrogens with one attached hydrogen (secondary N) is 1. The molecule has 70 heavy (non-hydrogen) atoms. The number of aliphatic carboxylic acids is 1. The Morgan fingerprint density at radius 1 is 1.06 bits per heavy atom. The van der Waals surface area contributed by atoms with Gasteiger partial charge in [0.1, 0.15) is 50.7 Å². The van der Waals surface area contributed by atoms with Crippen LogP contribution in [0.2, 0.25) is 10.0 Å². The van der Waals surface area contributed by atoms with E-state index in [1.807, 2.05) is 54.7 Å². The topological polar surface area (TPSA) is 218 Å². The minimum absolute atomic E-state index is 0.0371. The van der Waals surface area contributed by atoms with E-state index in [1.54, 1.807) is 27.5 Å². The van der Waals surface area contributed by atoms with Gasteiger partial charge in [-0.2, -0.15) is 4.68 Å². The number of rotatable bonds is 14. The maximum absolute atomic E-state index is 12.5. The zero-order valence-corrected chi connectivity index (χ0v) is 45.5. The Bertz CT molecular complexity index is 2460. The van der Waals surface area contributed by atoms with E-state index < -0.39 is 31.2 Å². The molecule has 0 saturated carbocycles. The highest BCUT2D eigenvalue weighted by atomic mass is 35.5. The van der Waals surface area contributed by atoms with Crippen molar-refractivity contribution in [1.29, 1.82) is 0 Å². The van der Waals surface area contributed by atoms with E-state index in [9.17, 15) is 28.6 Å². The van der Waals surface area contributed by atoms with Crippen molar-refractivity contribution in [2.45, 2.75) is 70.3 Å². The zero-order valence-electron chi connectivity index (χ0n) is 40.0. The second-order valence-corrected chi connectivity index (χ2v) is 21.6. The molecule has 24 heteroatoms. The van der Waals surface area contributed by atoms with Crippen molar-refractivity contribution in [3.05, 3.63) is 92.1 Å². The lowest BCUT2D eigenvalue weighted by Crippen LogP contribution is -2.47. The van der Waals surface area contributed by atoms with Crippen LogP contribution < -0.4 is 35.2 Å². The number of anilines is 2. The number of terminal acetylenes is 1. The third-order valence-corrected chi connectivity index (χ3v) is 11.3. The van der Waals surface area contributed by atoms with Crippen molar-refractivity contribution in [1.82, 2.24) is 19.7 Å². The van der Waals surface area contributed by atoms with Gasteiger partial charge in [0.25, 0.3) is 5.91 Å². The first-order valence-electron chi connectivity index (χ1n) is 21.5. The van der Waals surface area contributed by atoms with Gasteiger partial charge in [-0.25, -0.2) is 4.79 Å². The summed E-state index contributed by atoms with van der Waals surface area (Å²) in [6.07, 6.45) is 15.6. The summed E-state index contributed by atoms with van der Waals surface area (Å²) in [5.41, 5.74) is 4.19. The lowest BCUT2D eigenvalue weighted by atomic mass is 10.0. The van der Waals surface area contributed by atoms with E-state index in [-0.39, 0.29) is 42.8 Å². The average Bonchev–Trinajstić information content (AvgIpc) is 3.65. The first-order chi connectivity index (χ1) is 33.1. The van der Waals surface area contributed by atoms with Crippen LogP contribution in [0.15, 0.2) is 59.4 Å². The molecule has 2 unspecified atom stereocenters. The highest BCUT2D eigenvalue weighted by molar-refractivity contribution is 7.94. The predicted molar refractivity (Wildman–Crippen MR) is 280 cm³/mol. The molecule has 3 N–H and O–H groups in total. The number of para-hydroxylation sites is 3. The lowest BCUT2D eigenvalue weighted by Gasteiger charge is -2.35. The van der Waals surface area contributed by atoms with Crippen LogP contribution in [0.1, 0.15) is 50.6 Å². The number of ether oxygens (including phenoxy) is 3. The molecule has 3 heterocycles. The molecule has 0 radical (unpaired) electrons. The third-order valence-electron chi connectivity index (χ3n) is 9.48. The Kier molecular flexibility index (Phi) is 28.0. The molecule has 2 aliphatic rings. The number of fused-ring (bicyclic) bond motifs is 2. The van der Waals surface area contributed by atoms with E-state index in [4.69, 9.17) is 88.6 Å². The van der Waals surface area contributed by atoms with Gasteiger partial charge in [-0.3, -0.25) is 29.2 Å². The molecule has 2 amide bonds. The van der Waals surface area contributed by atoms with Crippen LogP contribution in [0.4, 0.5) is 11.4 Å². The normalized spacial score (nSPS) is 14.2. The summed E-state index contributed by atoms with van der Waals surface area (Å²) in [6.45, 7) is 7.01. The number of carboxylic acids is 1. The van der Waals surface area contributed by atoms with Crippen molar-refractivity contribution < 1.29 is 48.1 Å². The number of carboxylic acid groups (broad SMARTS) is 1. The molecule has 4 aromatic rings. The number of carbonyl (C=O) groups excluding carboxylic acids is 2. The molecule has 0 bridgehead atoms. The van der Waals surface area contributed by atoms with Gasteiger partial charge in [0.05, 0.1) is 64.7 Å². The largest absolute Gasteiger partial charge is 0.778 e. The number of hydrogen-bond acceptors (Lipinski definition) is 11. The first-order valence-corrected chi connectivity index (χ1v) is 27.9. The first kappa shape index (κ1) is 62.2. The van der Waals surface area contributed by atoms with Crippen LogP contribution in [0, 0.1) is 12.3 Å². The SMILES string of the molecule is C#CCOc1cc(-n2nc3n(c2=O)CCCC3)c(Cl)cc1Cl.CC1COc2ccccc2N1C(=O)C(Cl)Cl.CCc1cccc(CC)c1N(COC)C(=O)CCl.C[S+](C)C.O=C(O)CNCP(=O)([O-])O. The minimum Gasteiger partial charge on any atom is -0.778 e. The molecule has 3 aromatic carbocycles. The number of methoxy groups -OCH3 is 1. The second kappa shape index (κ2) is 31.5. The molecule has 0 spiro atoms. The van der Waals surface area contributed by atoms with Gasteiger partial charge in [-0.15, -0.1) is 23.1 Å². The highest BCUT2D eigenvalue weighted by Crippen LogP contribution is 2.35. The molecule has 386 valence electrons. The number of alkyl halides is 3. The van der Waals surface area contributed by atoms with Crippen LogP contribution in [0.25, 0.3) is 5.69 Å². The highest BCUT2D eigenvalue weighted by Gasteiger charge is 2.32. The van der Waals surface area contributed by atoms with Crippen LogP contribution in [-0.4, -0.2) is 118 Å². The molecule has 0 aliphatic carbocycles. The number of hydrogen-bond donors (Lipinski definition) is 3. The fraction of sp³-hybridized carbons (Fsp3) is 0.457. The average molecular weight is 1110 g/mol. The predicted octanol–water partition coefficient (Wildman–Crippen LogP) is 6.94. The van der Waals surface area contributed by atoms with E-state index in [1.165, 1.54) is 10.7 Å². The number of aryl methyl sites for hydroxylation is 3. The van der Waals surface area contributed by atoms with E-state index >= 15 is 0 Å². The summed E-state index contributed by atoms with van der Waals surface area (Å²) < 4.78 is 28.9. The van der Waals surface area contributed by atoms with Gasteiger partial charge in [-0.05, 0) is 72.8 Å². The van der Waals surface area contributed by atoms with Gasteiger partial charge < -0.3 is 38.6 Å². The van der Waals surface area contributed by atoms with Crippen LogP contribution in [0.3, 0.4) is 0 Å². The number of amides is 2. The monoisotopic (exact) mass is 1110 g/mol. The number of benzene rings is 3. The summed E-state index contributed by atoms with van der Waals surface area (Å²) in [5.74, 6) is 2.54. The molecule has 0 fully saturated rings. The maximum Gasteiger partial charge on any atom is 0.350 e. The minimum atomic E-state index is -4.35. The summed E-state index contributed by atoms with van der Waals surface area (Å²) in [7, 11) is -2.13. The molecule has 17 nitrogen and oxygen atoms in total. The summed E-state index contributed by atoms with van der Waals surface area (Å²) in [5, 5.41) is 15.0. The van der Waals surface area contributed by atoms with Gasteiger partial charge in [0, 0.05) is 26.1 Å². The van der Waals surface area contributed by atoms with E-state index in [0.29, 0.717) is 51.3 Å². The lowest BCUT2D eigenvalue weighted by molar-refractivity contribution is -0.193. The van der Waals surface area contributed by atoms with Gasteiger partial charge in [0.15, 0.2) is 4.84 Å². The van der Waals surface area contributed by atoms with Crippen molar-refractivity contribution in [2.75, 3.05) is 74.3 Å². The van der Waals surface area contributed by atoms with Crippen molar-refractivity contribution in [2.24, 2.45) is 0 Å². The molecular weight excluding hydrogens is 1050 g/mol. The third kappa shape index (κ3) is 19.9. The van der Waals surface area contributed by atoms with Gasteiger partial charge in [0.2, 0.25) is 5.91 Å². The smallest absolute Gasteiger partial charge is 0.350 e. The number of aromatic nitrogens is 3. The van der Waals surface area contributed by atoms with Crippen molar-refractivity contribution >= 4 is 106 Å². The Hall–Kier alpha value is -3.96. The van der Waals surface area contributed by atoms with Crippen LogP contribution in [0.5, 0.6) is 11.5 Å². The Labute approximate surface area is 437 Å². The standard InChI is InChI=1S/C15H13Cl2N3O2.C14H20ClNO2.C11H11Cl2NO2.C3H8NO5P.C3H9S/c1-2-7-22-13-9-12(10(16)8-11(13)17)20-15(21)19-6-4-3-5-14(19)18-20;1-4-11-7-6-8-12(5-2)14(11)16(10-18-3)13(17)9-15;1-7-6-16-9-5-3-2-4-8(9)14(7)11(15)10(12)13;5-3(6)1-4-2-10(7,8)9;1-4(2)3/h1,8-9H,3-7H2;6-8H,4-5,9-10H2,1-3H3;2-5,7,10H,6H2,1H3;4H,1-2H2,(H,5,6)(H2,7,8,9);1-3H3/q;;;;+1/p-1. The van der Waals surface area contributed by atoms with Crippen molar-refractivity contribution in [3.8, 4) is 29.5 Å². The Morgan fingerprint density at radius 3 is 2.21 bits per heavy atom. The van der Waals surface area contributed by atoms with Gasteiger partial charge in [-0.1, -0.05) is 96.5 Å². The quantitative estimate of drug-likeness (QED) is 0.0384.